The molecular weight excluding hydrogens is 414 g/mol. The summed E-state index contributed by atoms with van der Waals surface area (Å²) in [5.74, 6) is -0.483. The number of carbonyl (C=O) groups excluding carboxylic acids is 3. The number of carbonyl (C=O) groups is 3. The summed E-state index contributed by atoms with van der Waals surface area (Å²) in [6.07, 6.45) is 11.1. The Kier molecular flexibility index (Phi) is 6.56. The third-order valence-electron chi connectivity index (χ3n) is 7.21. The molecule has 168 valence electrons. The zero-order valence-electron chi connectivity index (χ0n) is 18.2. The first kappa shape index (κ1) is 22.1. The normalized spacial score (nSPS) is 25.5. The lowest BCUT2D eigenvalue weighted by atomic mass is 9.88. The molecule has 0 bridgehead atoms. The summed E-state index contributed by atoms with van der Waals surface area (Å²) in [5, 5.41) is 3.35. The fraction of sp³-hybridized carbons (Fsp3) is 0.625. The Balaban J connectivity index is 1.53. The molecule has 1 N–H and O–H groups in total. The van der Waals surface area contributed by atoms with E-state index in [1.807, 2.05) is 0 Å². The average Bonchev–Trinajstić information content (AvgIpc) is 3.00. The Morgan fingerprint density at radius 3 is 2.03 bits per heavy atom. The molecule has 1 aliphatic heterocycles. The first-order valence-corrected chi connectivity index (χ1v) is 12.0. The lowest BCUT2D eigenvalue weighted by Crippen LogP contribution is -2.53. The second kappa shape index (κ2) is 9.19. The van der Waals surface area contributed by atoms with Crippen molar-refractivity contribution in [3.8, 4) is 0 Å². The zero-order valence-corrected chi connectivity index (χ0v) is 19.0. The monoisotopic (exact) mass is 445 g/mol. The van der Waals surface area contributed by atoms with E-state index in [9.17, 15) is 14.4 Å². The Labute approximate surface area is 189 Å². The Hall–Kier alpha value is -2.08. The standard InChI is InChI=1S/C24H32ClN3O3/c1-24(17-12-14-18(25)15-13-17)22(30)27(23(31)26-24)16-21(29)28(19-8-4-2-5-9-19)20-10-6-3-7-11-20/h12-15,19-20H,2-11,16H2,1H3,(H,26,31). The lowest BCUT2D eigenvalue weighted by molar-refractivity contribution is -0.143. The number of benzene rings is 1. The van der Waals surface area contributed by atoms with Crippen molar-refractivity contribution in [3.05, 3.63) is 34.9 Å². The van der Waals surface area contributed by atoms with E-state index in [-0.39, 0.29) is 30.4 Å². The molecular formula is C24H32ClN3O3. The van der Waals surface area contributed by atoms with E-state index in [0.717, 1.165) is 56.3 Å². The van der Waals surface area contributed by atoms with E-state index in [1.165, 1.54) is 12.8 Å². The van der Waals surface area contributed by atoms with Crippen molar-refractivity contribution in [3.63, 3.8) is 0 Å². The molecule has 0 radical (unpaired) electrons. The van der Waals surface area contributed by atoms with Crippen molar-refractivity contribution in [2.45, 2.75) is 88.8 Å². The summed E-state index contributed by atoms with van der Waals surface area (Å²) in [4.78, 5) is 42.7. The van der Waals surface area contributed by atoms with Crippen LogP contribution in [0, 0.1) is 0 Å². The quantitative estimate of drug-likeness (QED) is 0.673. The van der Waals surface area contributed by atoms with Crippen molar-refractivity contribution < 1.29 is 14.4 Å². The van der Waals surface area contributed by atoms with Gasteiger partial charge in [-0.05, 0) is 50.3 Å². The van der Waals surface area contributed by atoms with Gasteiger partial charge in [0.25, 0.3) is 5.91 Å². The SMILES string of the molecule is CC1(c2ccc(Cl)cc2)NC(=O)N(CC(=O)N(C2CCCCC2)C2CCCCC2)C1=O. The molecule has 1 unspecified atom stereocenters. The van der Waals surface area contributed by atoms with Crippen molar-refractivity contribution in [2.75, 3.05) is 6.54 Å². The number of urea groups is 1. The second-order valence-corrected chi connectivity index (χ2v) is 9.77. The number of amides is 4. The minimum atomic E-state index is -1.19. The summed E-state index contributed by atoms with van der Waals surface area (Å²) in [5.41, 5.74) is -0.538. The van der Waals surface area contributed by atoms with Gasteiger partial charge in [-0.3, -0.25) is 14.5 Å². The highest BCUT2D eigenvalue weighted by Gasteiger charge is 2.50. The average molecular weight is 446 g/mol. The van der Waals surface area contributed by atoms with Gasteiger partial charge < -0.3 is 10.2 Å². The number of halogens is 1. The van der Waals surface area contributed by atoms with Crippen molar-refractivity contribution in [1.82, 2.24) is 15.1 Å². The van der Waals surface area contributed by atoms with Crippen molar-refractivity contribution >= 4 is 29.4 Å². The van der Waals surface area contributed by atoms with E-state index >= 15 is 0 Å². The largest absolute Gasteiger partial charge is 0.335 e. The molecule has 6 nitrogen and oxygen atoms in total. The minimum absolute atomic E-state index is 0.0948. The van der Waals surface area contributed by atoms with Gasteiger partial charge in [-0.2, -0.15) is 0 Å². The van der Waals surface area contributed by atoms with Crippen LogP contribution in [-0.2, 0) is 15.1 Å². The number of hydrogen-bond donors (Lipinski definition) is 1. The Morgan fingerprint density at radius 1 is 1.00 bits per heavy atom. The fourth-order valence-electron chi connectivity index (χ4n) is 5.46. The maximum atomic E-state index is 13.5. The summed E-state index contributed by atoms with van der Waals surface area (Å²) >= 11 is 5.98. The van der Waals surface area contributed by atoms with Crippen LogP contribution in [0.2, 0.25) is 5.02 Å². The van der Waals surface area contributed by atoms with Gasteiger partial charge in [-0.15, -0.1) is 0 Å². The number of rotatable bonds is 5. The summed E-state index contributed by atoms with van der Waals surface area (Å²) < 4.78 is 0. The number of nitrogens with zero attached hydrogens (tertiary/aromatic N) is 2. The molecule has 2 aliphatic carbocycles. The van der Waals surface area contributed by atoms with E-state index in [4.69, 9.17) is 11.6 Å². The van der Waals surface area contributed by atoms with Gasteiger partial charge in [0.2, 0.25) is 5.91 Å². The number of hydrogen-bond acceptors (Lipinski definition) is 3. The third kappa shape index (κ3) is 4.45. The predicted octanol–water partition coefficient (Wildman–Crippen LogP) is 4.60. The van der Waals surface area contributed by atoms with Crippen LogP contribution in [0.3, 0.4) is 0 Å². The topological polar surface area (TPSA) is 69.7 Å². The van der Waals surface area contributed by atoms with Crippen LogP contribution in [0.5, 0.6) is 0 Å². The molecule has 31 heavy (non-hydrogen) atoms. The molecule has 4 amide bonds. The first-order valence-electron chi connectivity index (χ1n) is 11.6. The van der Waals surface area contributed by atoms with Gasteiger partial charge in [0.1, 0.15) is 12.1 Å². The Bertz CT molecular complexity index is 813. The minimum Gasteiger partial charge on any atom is -0.335 e. The van der Waals surface area contributed by atoms with E-state index in [2.05, 4.69) is 10.2 Å². The number of imide groups is 1. The molecule has 1 saturated heterocycles. The molecule has 1 aromatic carbocycles. The zero-order chi connectivity index (χ0) is 22.0. The molecule has 1 aromatic rings. The summed E-state index contributed by atoms with van der Waals surface area (Å²) in [6, 6.07) is 6.82. The van der Waals surface area contributed by atoms with Crippen LogP contribution in [0.15, 0.2) is 24.3 Å². The Morgan fingerprint density at radius 2 is 1.52 bits per heavy atom. The lowest BCUT2D eigenvalue weighted by Gasteiger charge is -2.42. The molecule has 3 aliphatic rings. The second-order valence-electron chi connectivity index (χ2n) is 9.34. The first-order chi connectivity index (χ1) is 14.9. The molecule has 0 aromatic heterocycles. The smallest absolute Gasteiger partial charge is 0.325 e. The van der Waals surface area contributed by atoms with Gasteiger partial charge in [0.15, 0.2) is 0 Å². The molecule has 7 heteroatoms. The van der Waals surface area contributed by atoms with Crippen molar-refractivity contribution in [2.24, 2.45) is 0 Å². The van der Waals surface area contributed by atoms with Crippen LogP contribution in [-0.4, -0.2) is 46.3 Å². The fourth-order valence-corrected chi connectivity index (χ4v) is 5.59. The van der Waals surface area contributed by atoms with Crippen LogP contribution in [0.4, 0.5) is 4.79 Å². The predicted molar refractivity (Wildman–Crippen MR) is 120 cm³/mol. The number of nitrogens with one attached hydrogen (secondary N) is 1. The molecule has 2 saturated carbocycles. The van der Waals surface area contributed by atoms with E-state index < -0.39 is 11.6 Å². The maximum absolute atomic E-state index is 13.5. The third-order valence-corrected chi connectivity index (χ3v) is 7.47. The van der Waals surface area contributed by atoms with Crippen LogP contribution < -0.4 is 5.32 Å². The molecule has 1 heterocycles. The highest BCUT2D eigenvalue weighted by atomic mass is 35.5. The summed E-state index contributed by atoms with van der Waals surface area (Å²) in [7, 11) is 0. The molecule has 0 spiro atoms. The highest BCUT2D eigenvalue weighted by molar-refractivity contribution is 6.30. The van der Waals surface area contributed by atoms with Crippen LogP contribution in [0.1, 0.15) is 76.7 Å². The molecule has 1 atom stereocenters. The van der Waals surface area contributed by atoms with Gasteiger partial charge in [-0.1, -0.05) is 62.3 Å². The van der Waals surface area contributed by atoms with Crippen LogP contribution >= 0.6 is 11.6 Å². The van der Waals surface area contributed by atoms with Crippen molar-refractivity contribution in [1.29, 1.82) is 0 Å². The van der Waals surface area contributed by atoms with Gasteiger partial charge in [-0.25, -0.2) is 4.79 Å². The summed E-state index contributed by atoms with van der Waals surface area (Å²) in [6.45, 7) is 1.49. The van der Waals surface area contributed by atoms with Gasteiger partial charge >= 0.3 is 6.03 Å². The van der Waals surface area contributed by atoms with E-state index in [1.54, 1.807) is 31.2 Å². The van der Waals surface area contributed by atoms with Gasteiger partial charge in [0, 0.05) is 17.1 Å². The maximum Gasteiger partial charge on any atom is 0.325 e. The highest BCUT2D eigenvalue weighted by Crippen LogP contribution is 2.32. The molecule has 3 fully saturated rings. The van der Waals surface area contributed by atoms with Gasteiger partial charge in [0.05, 0.1) is 0 Å². The molecule has 4 rings (SSSR count). The van der Waals surface area contributed by atoms with Crippen LogP contribution in [0.25, 0.3) is 0 Å². The van der Waals surface area contributed by atoms with E-state index in [0.29, 0.717) is 10.6 Å².